The van der Waals surface area contributed by atoms with Crippen LogP contribution in [0.2, 0.25) is 0 Å². The molecular formula is C16H11NO2S2. The Morgan fingerprint density at radius 1 is 1.14 bits per heavy atom. The SMILES string of the molecule is O=C1C(=CC=Cc2ccco2)SC(=S)N1c1ccccc1. The zero-order valence-corrected chi connectivity index (χ0v) is 12.6. The minimum atomic E-state index is -0.0969. The lowest BCUT2D eigenvalue weighted by Crippen LogP contribution is -2.27. The maximum atomic E-state index is 12.4. The zero-order chi connectivity index (χ0) is 14.7. The molecule has 0 N–H and O–H groups in total. The first-order valence-electron chi connectivity index (χ1n) is 6.29. The number of nitrogens with zero attached hydrogens (tertiary/aromatic N) is 1. The number of carbonyl (C=O) groups excluding carboxylic acids is 1. The van der Waals surface area contributed by atoms with E-state index in [1.165, 1.54) is 11.8 Å². The molecule has 2 heterocycles. The van der Waals surface area contributed by atoms with E-state index in [-0.39, 0.29) is 5.91 Å². The second kappa shape index (κ2) is 6.11. The van der Waals surface area contributed by atoms with Crippen molar-refractivity contribution in [1.82, 2.24) is 0 Å². The van der Waals surface area contributed by atoms with Crippen molar-refractivity contribution in [2.45, 2.75) is 0 Å². The van der Waals surface area contributed by atoms with Gasteiger partial charge in [-0.1, -0.05) is 48.3 Å². The van der Waals surface area contributed by atoms with Gasteiger partial charge in [-0.3, -0.25) is 9.69 Å². The molecule has 0 saturated carbocycles. The van der Waals surface area contributed by atoms with Crippen LogP contribution >= 0.6 is 24.0 Å². The van der Waals surface area contributed by atoms with Crippen LogP contribution in [0.25, 0.3) is 6.08 Å². The molecule has 0 atom stereocenters. The van der Waals surface area contributed by atoms with E-state index in [4.69, 9.17) is 16.6 Å². The fourth-order valence-corrected chi connectivity index (χ4v) is 3.15. The van der Waals surface area contributed by atoms with Crippen molar-refractivity contribution >= 4 is 46.0 Å². The number of hydrogen-bond donors (Lipinski definition) is 0. The summed E-state index contributed by atoms with van der Waals surface area (Å²) in [6, 6.07) is 13.1. The minimum Gasteiger partial charge on any atom is -0.465 e. The Morgan fingerprint density at radius 2 is 1.95 bits per heavy atom. The molecule has 0 bridgehead atoms. The Labute approximate surface area is 131 Å². The highest BCUT2D eigenvalue weighted by atomic mass is 32.2. The van der Waals surface area contributed by atoms with Gasteiger partial charge >= 0.3 is 0 Å². The molecule has 1 aliphatic heterocycles. The summed E-state index contributed by atoms with van der Waals surface area (Å²) in [6.07, 6.45) is 6.95. The molecule has 1 aliphatic rings. The Kier molecular flexibility index (Phi) is 4.03. The first kappa shape index (κ1) is 13.9. The average Bonchev–Trinajstić information content (AvgIpc) is 3.09. The molecule has 0 aliphatic carbocycles. The smallest absolute Gasteiger partial charge is 0.270 e. The third-order valence-electron chi connectivity index (χ3n) is 2.86. The van der Waals surface area contributed by atoms with Crippen LogP contribution in [0.3, 0.4) is 0 Å². The Hall–Kier alpha value is -2.11. The molecule has 1 aromatic carbocycles. The maximum absolute atomic E-state index is 12.4. The van der Waals surface area contributed by atoms with E-state index in [1.54, 1.807) is 29.4 Å². The van der Waals surface area contributed by atoms with Crippen LogP contribution in [0.15, 0.2) is 70.2 Å². The van der Waals surface area contributed by atoms with Crippen molar-refractivity contribution in [2.75, 3.05) is 4.90 Å². The van der Waals surface area contributed by atoms with Crippen molar-refractivity contribution < 1.29 is 9.21 Å². The molecule has 5 heteroatoms. The molecule has 2 aromatic rings. The van der Waals surface area contributed by atoms with E-state index in [9.17, 15) is 4.79 Å². The fraction of sp³-hybridized carbons (Fsp3) is 0. The highest BCUT2D eigenvalue weighted by Gasteiger charge is 2.32. The number of thiocarbonyl (C=S) groups is 1. The second-order valence-corrected chi connectivity index (χ2v) is 5.93. The van der Waals surface area contributed by atoms with Crippen LogP contribution in [-0.2, 0) is 4.79 Å². The van der Waals surface area contributed by atoms with Gasteiger partial charge in [-0.05, 0) is 36.4 Å². The van der Waals surface area contributed by atoms with E-state index in [1.807, 2.05) is 42.5 Å². The normalized spacial score (nSPS) is 17.3. The van der Waals surface area contributed by atoms with Crippen LogP contribution < -0.4 is 4.90 Å². The van der Waals surface area contributed by atoms with Gasteiger partial charge in [0.1, 0.15) is 5.76 Å². The maximum Gasteiger partial charge on any atom is 0.270 e. The lowest BCUT2D eigenvalue weighted by atomic mass is 10.3. The van der Waals surface area contributed by atoms with Crippen molar-refractivity contribution in [1.29, 1.82) is 0 Å². The van der Waals surface area contributed by atoms with Gasteiger partial charge in [-0.15, -0.1) is 0 Å². The summed E-state index contributed by atoms with van der Waals surface area (Å²) in [5.41, 5.74) is 0.790. The van der Waals surface area contributed by atoms with Crippen LogP contribution in [0.5, 0.6) is 0 Å². The summed E-state index contributed by atoms with van der Waals surface area (Å²) < 4.78 is 5.74. The minimum absolute atomic E-state index is 0.0969. The standard InChI is InChI=1S/C16H11NO2S2/c18-15-14(10-4-8-13-9-5-11-19-13)21-16(20)17(15)12-6-2-1-3-7-12/h1-11H. The van der Waals surface area contributed by atoms with Gasteiger partial charge in [0.25, 0.3) is 5.91 Å². The quantitative estimate of drug-likeness (QED) is 0.627. The van der Waals surface area contributed by atoms with Gasteiger partial charge in [0.15, 0.2) is 4.32 Å². The molecule has 0 unspecified atom stereocenters. The number of benzene rings is 1. The van der Waals surface area contributed by atoms with Crippen molar-refractivity contribution in [2.24, 2.45) is 0 Å². The molecule has 0 spiro atoms. The van der Waals surface area contributed by atoms with E-state index in [2.05, 4.69) is 0 Å². The summed E-state index contributed by atoms with van der Waals surface area (Å²) >= 11 is 6.59. The molecule has 1 fully saturated rings. The molecular weight excluding hydrogens is 302 g/mol. The molecule has 1 amide bonds. The van der Waals surface area contributed by atoms with E-state index >= 15 is 0 Å². The number of hydrogen-bond acceptors (Lipinski definition) is 4. The number of thioether (sulfide) groups is 1. The lowest BCUT2D eigenvalue weighted by Gasteiger charge is -2.13. The summed E-state index contributed by atoms with van der Waals surface area (Å²) in [5.74, 6) is 0.644. The van der Waals surface area contributed by atoms with E-state index in [0.717, 1.165) is 11.4 Å². The molecule has 3 rings (SSSR count). The van der Waals surface area contributed by atoms with E-state index < -0.39 is 0 Å². The number of anilines is 1. The average molecular weight is 313 g/mol. The van der Waals surface area contributed by atoms with Gasteiger partial charge in [-0.25, -0.2) is 0 Å². The summed E-state index contributed by atoms with van der Waals surface area (Å²) in [5, 5.41) is 0. The molecule has 0 radical (unpaired) electrons. The van der Waals surface area contributed by atoms with Crippen LogP contribution in [0.4, 0.5) is 5.69 Å². The third-order valence-corrected chi connectivity index (χ3v) is 4.18. The molecule has 3 nitrogen and oxygen atoms in total. The highest BCUT2D eigenvalue weighted by molar-refractivity contribution is 8.27. The number of para-hydroxylation sites is 1. The topological polar surface area (TPSA) is 33.5 Å². The summed E-state index contributed by atoms with van der Waals surface area (Å²) in [6.45, 7) is 0. The molecule has 1 aromatic heterocycles. The Balaban J connectivity index is 1.80. The largest absolute Gasteiger partial charge is 0.465 e. The third kappa shape index (κ3) is 2.99. The van der Waals surface area contributed by atoms with Gasteiger partial charge in [0, 0.05) is 0 Å². The lowest BCUT2D eigenvalue weighted by molar-refractivity contribution is -0.113. The van der Waals surface area contributed by atoms with Gasteiger partial charge in [0.2, 0.25) is 0 Å². The number of amides is 1. The van der Waals surface area contributed by atoms with Gasteiger partial charge in [0.05, 0.1) is 16.9 Å². The Bertz CT molecular complexity index is 718. The predicted octanol–water partition coefficient (Wildman–Crippen LogP) is 4.24. The van der Waals surface area contributed by atoms with Crippen LogP contribution in [0.1, 0.15) is 5.76 Å². The summed E-state index contributed by atoms with van der Waals surface area (Å²) in [4.78, 5) is 14.6. The van der Waals surface area contributed by atoms with Crippen molar-refractivity contribution in [3.8, 4) is 0 Å². The molecule has 21 heavy (non-hydrogen) atoms. The van der Waals surface area contributed by atoms with Gasteiger partial charge < -0.3 is 4.42 Å². The fourth-order valence-electron chi connectivity index (χ4n) is 1.90. The summed E-state index contributed by atoms with van der Waals surface area (Å²) in [7, 11) is 0. The second-order valence-electron chi connectivity index (χ2n) is 4.25. The molecule has 1 saturated heterocycles. The van der Waals surface area contributed by atoms with Crippen LogP contribution in [0, 0.1) is 0 Å². The number of carbonyl (C=O) groups is 1. The highest BCUT2D eigenvalue weighted by Crippen LogP contribution is 2.34. The zero-order valence-electron chi connectivity index (χ0n) is 10.9. The predicted molar refractivity (Wildman–Crippen MR) is 89.9 cm³/mol. The van der Waals surface area contributed by atoms with E-state index in [0.29, 0.717) is 9.23 Å². The van der Waals surface area contributed by atoms with Crippen LogP contribution in [-0.4, -0.2) is 10.2 Å². The molecule has 104 valence electrons. The first-order chi connectivity index (χ1) is 10.3. The van der Waals surface area contributed by atoms with Crippen molar-refractivity contribution in [3.05, 3.63) is 71.5 Å². The monoisotopic (exact) mass is 313 g/mol. The Morgan fingerprint density at radius 3 is 2.67 bits per heavy atom. The van der Waals surface area contributed by atoms with Gasteiger partial charge in [-0.2, -0.15) is 0 Å². The first-order valence-corrected chi connectivity index (χ1v) is 7.51. The number of furan rings is 1. The number of allylic oxidation sites excluding steroid dienone is 2. The number of rotatable bonds is 3. The van der Waals surface area contributed by atoms with Crippen molar-refractivity contribution in [3.63, 3.8) is 0 Å².